The molecule has 0 saturated heterocycles. The zero-order valence-electron chi connectivity index (χ0n) is 21.3. The van der Waals surface area contributed by atoms with E-state index < -0.39 is 0 Å². The van der Waals surface area contributed by atoms with Crippen LogP contribution < -0.4 is 9.47 Å². The van der Waals surface area contributed by atoms with E-state index >= 15 is 0 Å². The smallest absolute Gasteiger partial charge is 0.340 e. The van der Waals surface area contributed by atoms with Gasteiger partial charge in [-0.2, -0.15) is 0 Å². The number of hydrogen-bond donors (Lipinski definition) is 1. The summed E-state index contributed by atoms with van der Waals surface area (Å²) in [7, 11) is 3.24. The summed E-state index contributed by atoms with van der Waals surface area (Å²) in [5.74, 6) is 1.18. The lowest BCUT2D eigenvalue weighted by atomic mass is 9.85. The molecule has 6 heteroatoms. The SMILES string of the molecule is CCOC(=O)c1c(-c2cc(C)c(O)c(C)c2)c(C)n2c1-c1cc(OC)c(OC)cc1CC2(C)C. The molecule has 6 nitrogen and oxygen atoms in total. The summed E-state index contributed by atoms with van der Waals surface area (Å²) < 4.78 is 19.0. The van der Waals surface area contributed by atoms with Gasteiger partial charge >= 0.3 is 5.97 Å². The number of nitrogens with zero attached hydrogens (tertiary/aromatic N) is 1. The van der Waals surface area contributed by atoms with E-state index in [0.717, 1.165) is 51.2 Å². The molecule has 2 aromatic carbocycles. The monoisotopic (exact) mass is 463 g/mol. The van der Waals surface area contributed by atoms with E-state index in [2.05, 4.69) is 18.4 Å². The van der Waals surface area contributed by atoms with Gasteiger partial charge in [0.1, 0.15) is 5.75 Å². The van der Waals surface area contributed by atoms with Gasteiger partial charge in [0.2, 0.25) is 0 Å². The van der Waals surface area contributed by atoms with Gasteiger partial charge < -0.3 is 23.9 Å². The second-order valence-corrected chi connectivity index (χ2v) is 9.55. The van der Waals surface area contributed by atoms with Gasteiger partial charge in [-0.1, -0.05) is 0 Å². The molecule has 1 N–H and O–H groups in total. The molecule has 0 aliphatic carbocycles. The molecule has 0 atom stereocenters. The van der Waals surface area contributed by atoms with E-state index in [4.69, 9.17) is 14.2 Å². The number of hydrogen-bond acceptors (Lipinski definition) is 5. The van der Waals surface area contributed by atoms with Crippen LogP contribution in [0.4, 0.5) is 0 Å². The number of aryl methyl sites for hydroxylation is 2. The average Bonchev–Trinajstić information content (AvgIpc) is 3.10. The first-order chi connectivity index (χ1) is 16.0. The minimum Gasteiger partial charge on any atom is -0.507 e. The van der Waals surface area contributed by atoms with E-state index in [-0.39, 0.29) is 23.9 Å². The van der Waals surface area contributed by atoms with Crippen molar-refractivity contribution in [2.24, 2.45) is 0 Å². The van der Waals surface area contributed by atoms with Crippen molar-refractivity contribution in [3.63, 3.8) is 0 Å². The molecular weight excluding hydrogens is 430 g/mol. The standard InChI is InChI=1S/C28H33NO5/c1-9-34-27(31)24-23(18-10-15(2)26(30)16(3)11-18)17(4)29-25(24)20-13-22(33-8)21(32-7)12-19(20)14-28(29,5)6/h10-13,30H,9,14H2,1-8H3. The molecule has 0 saturated carbocycles. The Bertz CT molecular complexity index is 1280. The maximum atomic E-state index is 13.5. The van der Waals surface area contributed by atoms with Crippen molar-refractivity contribution >= 4 is 5.97 Å². The molecule has 1 aliphatic heterocycles. The van der Waals surface area contributed by atoms with Crippen LogP contribution in [-0.4, -0.2) is 36.5 Å². The van der Waals surface area contributed by atoms with Crippen LogP contribution in [0.5, 0.6) is 17.2 Å². The largest absolute Gasteiger partial charge is 0.507 e. The minimum absolute atomic E-state index is 0.269. The summed E-state index contributed by atoms with van der Waals surface area (Å²) in [6.45, 7) is 12.2. The fourth-order valence-electron chi connectivity index (χ4n) is 5.39. The normalized spacial score (nSPS) is 13.8. The first-order valence-corrected chi connectivity index (χ1v) is 11.5. The molecule has 0 spiro atoms. The van der Waals surface area contributed by atoms with E-state index in [1.807, 2.05) is 52.0 Å². The van der Waals surface area contributed by atoms with Crippen molar-refractivity contribution in [1.29, 1.82) is 0 Å². The zero-order valence-corrected chi connectivity index (χ0v) is 21.3. The van der Waals surface area contributed by atoms with Crippen LogP contribution in [0.3, 0.4) is 0 Å². The minimum atomic E-state index is -0.365. The Morgan fingerprint density at radius 2 is 1.62 bits per heavy atom. The number of ether oxygens (including phenoxy) is 3. The molecule has 2 heterocycles. The Morgan fingerprint density at radius 3 is 2.18 bits per heavy atom. The maximum absolute atomic E-state index is 13.5. The lowest BCUT2D eigenvalue weighted by Gasteiger charge is -2.37. The van der Waals surface area contributed by atoms with Crippen LogP contribution in [0.2, 0.25) is 0 Å². The second kappa shape index (κ2) is 8.42. The Hall–Kier alpha value is -3.41. The summed E-state index contributed by atoms with van der Waals surface area (Å²) in [5, 5.41) is 10.4. The van der Waals surface area contributed by atoms with Gasteiger partial charge in [-0.15, -0.1) is 0 Å². The number of carbonyl (C=O) groups is 1. The molecule has 34 heavy (non-hydrogen) atoms. The predicted octanol–water partition coefficient (Wildman–Crippen LogP) is 5.94. The molecule has 180 valence electrons. The topological polar surface area (TPSA) is 69.9 Å². The van der Waals surface area contributed by atoms with Gasteiger partial charge in [0.25, 0.3) is 0 Å². The van der Waals surface area contributed by atoms with Crippen molar-refractivity contribution in [3.8, 4) is 39.6 Å². The number of rotatable bonds is 5. The number of methoxy groups -OCH3 is 2. The highest BCUT2D eigenvalue weighted by Crippen LogP contribution is 2.49. The molecule has 0 radical (unpaired) electrons. The van der Waals surface area contributed by atoms with Crippen LogP contribution in [0.15, 0.2) is 24.3 Å². The number of carbonyl (C=O) groups excluding carboxylic acids is 1. The van der Waals surface area contributed by atoms with Crippen molar-refractivity contribution < 1.29 is 24.1 Å². The maximum Gasteiger partial charge on any atom is 0.340 e. The van der Waals surface area contributed by atoms with Crippen LogP contribution in [0.1, 0.15) is 53.5 Å². The third kappa shape index (κ3) is 3.52. The van der Waals surface area contributed by atoms with Crippen LogP contribution in [0, 0.1) is 20.8 Å². The van der Waals surface area contributed by atoms with Crippen molar-refractivity contribution in [3.05, 3.63) is 52.2 Å². The molecule has 0 fully saturated rings. The lowest BCUT2D eigenvalue weighted by Crippen LogP contribution is -2.34. The van der Waals surface area contributed by atoms with Gasteiger partial charge in [0, 0.05) is 22.4 Å². The van der Waals surface area contributed by atoms with Crippen LogP contribution in [-0.2, 0) is 16.7 Å². The zero-order chi connectivity index (χ0) is 24.9. The number of aromatic hydroxyl groups is 1. The Kier molecular flexibility index (Phi) is 5.88. The number of aromatic nitrogens is 1. The van der Waals surface area contributed by atoms with Gasteiger partial charge in [-0.05, 0) is 94.5 Å². The Balaban J connectivity index is 2.15. The molecular formula is C28H33NO5. The van der Waals surface area contributed by atoms with Gasteiger partial charge in [-0.25, -0.2) is 4.79 Å². The molecule has 1 aromatic heterocycles. The van der Waals surface area contributed by atoms with Crippen molar-refractivity contribution in [2.75, 3.05) is 20.8 Å². The van der Waals surface area contributed by atoms with E-state index in [0.29, 0.717) is 17.1 Å². The number of benzene rings is 2. The highest BCUT2D eigenvalue weighted by atomic mass is 16.5. The fraction of sp³-hybridized carbons (Fsp3) is 0.393. The van der Waals surface area contributed by atoms with Gasteiger partial charge in [0.15, 0.2) is 11.5 Å². The van der Waals surface area contributed by atoms with Crippen LogP contribution in [0.25, 0.3) is 22.4 Å². The number of esters is 1. The Labute approximate surface area is 201 Å². The number of fused-ring (bicyclic) bond motifs is 3. The highest BCUT2D eigenvalue weighted by molar-refractivity contribution is 6.06. The summed E-state index contributed by atoms with van der Waals surface area (Å²) in [4.78, 5) is 13.5. The molecule has 1 aliphatic rings. The quantitative estimate of drug-likeness (QED) is 0.474. The molecule has 3 aromatic rings. The third-order valence-corrected chi connectivity index (χ3v) is 6.76. The average molecular weight is 464 g/mol. The van der Waals surface area contributed by atoms with E-state index in [1.165, 1.54) is 0 Å². The first kappa shape index (κ1) is 23.7. The van der Waals surface area contributed by atoms with E-state index in [9.17, 15) is 9.90 Å². The molecule has 0 bridgehead atoms. The summed E-state index contributed by atoms with van der Waals surface area (Å²) in [6, 6.07) is 7.82. The molecule has 0 unspecified atom stereocenters. The fourth-order valence-corrected chi connectivity index (χ4v) is 5.39. The van der Waals surface area contributed by atoms with Crippen molar-refractivity contribution in [1.82, 2.24) is 4.57 Å². The number of phenolic OH excluding ortho intramolecular Hbond substituents is 1. The van der Waals surface area contributed by atoms with E-state index in [1.54, 1.807) is 14.2 Å². The summed E-state index contributed by atoms with van der Waals surface area (Å²) in [5.41, 5.74) is 7.29. The summed E-state index contributed by atoms with van der Waals surface area (Å²) >= 11 is 0. The van der Waals surface area contributed by atoms with Gasteiger partial charge in [-0.3, -0.25) is 0 Å². The predicted molar refractivity (Wildman–Crippen MR) is 133 cm³/mol. The molecule has 0 amide bonds. The number of phenols is 1. The third-order valence-electron chi connectivity index (χ3n) is 6.76. The Morgan fingerprint density at radius 1 is 1.03 bits per heavy atom. The van der Waals surface area contributed by atoms with Crippen molar-refractivity contribution in [2.45, 2.75) is 53.5 Å². The van der Waals surface area contributed by atoms with Gasteiger partial charge in [0.05, 0.1) is 32.1 Å². The van der Waals surface area contributed by atoms with Crippen LogP contribution >= 0.6 is 0 Å². The first-order valence-electron chi connectivity index (χ1n) is 11.5. The second-order valence-electron chi connectivity index (χ2n) is 9.55. The highest BCUT2D eigenvalue weighted by Gasteiger charge is 2.39. The lowest BCUT2D eigenvalue weighted by molar-refractivity contribution is 0.0528. The summed E-state index contributed by atoms with van der Waals surface area (Å²) in [6.07, 6.45) is 0.764. The molecule has 4 rings (SSSR count).